The fraction of sp³-hybridized carbons (Fsp3) is 0.176. The van der Waals surface area contributed by atoms with Crippen molar-refractivity contribution >= 4 is 40.7 Å². The molecular weight excluding hydrogens is 351 g/mol. The van der Waals surface area contributed by atoms with Crippen LogP contribution in [0.4, 0.5) is 5.69 Å². The molecule has 0 aromatic heterocycles. The molecule has 0 heterocycles. The number of carbonyl (C=O) groups is 2. The summed E-state index contributed by atoms with van der Waals surface area (Å²) in [7, 11) is 1.48. The Labute approximate surface area is 149 Å². The number of amides is 2. The van der Waals surface area contributed by atoms with Crippen LogP contribution < -0.4 is 5.32 Å². The number of para-hydroxylation sites is 1. The molecule has 2 N–H and O–H groups in total. The molecular formula is C17H16Cl2N2O3. The van der Waals surface area contributed by atoms with Crippen LogP contribution in [0.1, 0.15) is 15.9 Å². The lowest BCUT2D eigenvalue weighted by Gasteiger charge is -2.18. The number of phenols is 1. The topological polar surface area (TPSA) is 69.6 Å². The van der Waals surface area contributed by atoms with E-state index in [0.29, 0.717) is 21.3 Å². The fourth-order valence-corrected chi connectivity index (χ4v) is 2.40. The van der Waals surface area contributed by atoms with Gasteiger partial charge in [-0.15, -0.1) is 0 Å². The van der Waals surface area contributed by atoms with Gasteiger partial charge >= 0.3 is 0 Å². The Morgan fingerprint density at radius 3 is 2.54 bits per heavy atom. The van der Waals surface area contributed by atoms with Crippen LogP contribution in [0.15, 0.2) is 36.4 Å². The zero-order valence-corrected chi connectivity index (χ0v) is 14.6. The van der Waals surface area contributed by atoms with E-state index in [0.717, 1.165) is 0 Å². The number of hydrogen-bond donors (Lipinski definition) is 2. The number of nitrogens with one attached hydrogen (secondary N) is 1. The van der Waals surface area contributed by atoms with E-state index in [1.54, 1.807) is 31.2 Å². The predicted molar refractivity (Wildman–Crippen MR) is 94.9 cm³/mol. The summed E-state index contributed by atoms with van der Waals surface area (Å²) in [6.07, 6.45) is 0. The summed E-state index contributed by atoms with van der Waals surface area (Å²) in [5.41, 5.74) is 1.22. The van der Waals surface area contributed by atoms with Crippen molar-refractivity contribution in [2.24, 2.45) is 0 Å². The number of aryl methyl sites for hydroxylation is 1. The molecule has 0 aliphatic heterocycles. The molecule has 0 atom stereocenters. The van der Waals surface area contributed by atoms with Crippen LogP contribution in [-0.4, -0.2) is 35.4 Å². The van der Waals surface area contributed by atoms with Gasteiger partial charge in [-0.3, -0.25) is 9.59 Å². The molecule has 2 rings (SSSR count). The van der Waals surface area contributed by atoms with E-state index in [2.05, 4.69) is 5.32 Å². The normalized spacial score (nSPS) is 10.3. The first kappa shape index (κ1) is 18.1. The number of aromatic hydroxyl groups is 1. The molecule has 2 aromatic carbocycles. The zero-order chi connectivity index (χ0) is 17.9. The zero-order valence-electron chi connectivity index (χ0n) is 13.1. The second kappa shape index (κ2) is 7.55. The Balaban J connectivity index is 2.04. The standard InChI is InChI=1S/C17H16Cl2N2O3/c1-10-4-3-5-12(16(10)23)17(24)21(2)9-15(22)20-11-6-7-13(18)14(19)8-11/h3-8,23H,9H2,1-2H3,(H,20,22). The summed E-state index contributed by atoms with van der Waals surface area (Å²) in [4.78, 5) is 25.6. The van der Waals surface area contributed by atoms with E-state index in [9.17, 15) is 14.7 Å². The van der Waals surface area contributed by atoms with E-state index in [-0.39, 0.29) is 17.9 Å². The van der Waals surface area contributed by atoms with Crippen LogP contribution >= 0.6 is 23.2 Å². The molecule has 0 radical (unpaired) electrons. The van der Waals surface area contributed by atoms with Gasteiger partial charge in [-0.1, -0.05) is 35.3 Å². The maximum absolute atomic E-state index is 12.4. The summed E-state index contributed by atoms with van der Waals surface area (Å²) in [6.45, 7) is 1.52. The van der Waals surface area contributed by atoms with Crippen molar-refractivity contribution < 1.29 is 14.7 Å². The molecule has 0 fully saturated rings. The summed E-state index contributed by atoms with van der Waals surface area (Å²) >= 11 is 11.7. The van der Waals surface area contributed by atoms with Crippen molar-refractivity contribution in [3.05, 3.63) is 57.6 Å². The molecule has 0 spiro atoms. The van der Waals surface area contributed by atoms with Gasteiger partial charge in [0, 0.05) is 12.7 Å². The first-order chi connectivity index (χ1) is 11.3. The van der Waals surface area contributed by atoms with Crippen molar-refractivity contribution in [1.82, 2.24) is 4.90 Å². The lowest BCUT2D eigenvalue weighted by atomic mass is 10.1. The smallest absolute Gasteiger partial charge is 0.257 e. The van der Waals surface area contributed by atoms with E-state index in [1.807, 2.05) is 0 Å². The SMILES string of the molecule is Cc1cccc(C(=O)N(C)CC(=O)Nc2ccc(Cl)c(Cl)c2)c1O. The summed E-state index contributed by atoms with van der Waals surface area (Å²) in [6, 6.07) is 9.59. The van der Waals surface area contributed by atoms with Crippen LogP contribution in [0.2, 0.25) is 10.0 Å². The minimum atomic E-state index is -0.444. The largest absolute Gasteiger partial charge is 0.507 e. The number of rotatable bonds is 4. The molecule has 2 amide bonds. The average Bonchev–Trinajstić information content (AvgIpc) is 2.52. The van der Waals surface area contributed by atoms with Gasteiger partial charge in [0.1, 0.15) is 5.75 Å². The predicted octanol–water partition coefficient (Wildman–Crippen LogP) is 3.72. The molecule has 5 nitrogen and oxygen atoms in total. The highest BCUT2D eigenvalue weighted by Crippen LogP contribution is 2.25. The first-order valence-electron chi connectivity index (χ1n) is 7.08. The van der Waals surface area contributed by atoms with Crippen molar-refractivity contribution in [1.29, 1.82) is 0 Å². The van der Waals surface area contributed by atoms with Gasteiger partial charge in [-0.25, -0.2) is 0 Å². The molecule has 0 saturated heterocycles. The Kier molecular flexibility index (Phi) is 5.70. The maximum atomic E-state index is 12.4. The minimum absolute atomic E-state index is 0.0840. The van der Waals surface area contributed by atoms with E-state index in [1.165, 1.54) is 24.1 Å². The highest BCUT2D eigenvalue weighted by molar-refractivity contribution is 6.42. The second-order valence-electron chi connectivity index (χ2n) is 5.31. The number of nitrogens with zero attached hydrogens (tertiary/aromatic N) is 1. The lowest BCUT2D eigenvalue weighted by molar-refractivity contribution is -0.116. The third kappa shape index (κ3) is 4.19. The summed E-state index contributed by atoms with van der Waals surface area (Å²) in [5, 5.41) is 13.3. The number of phenolic OH excluding ortho intramolecular Hbond substituents is 1. The monoisotopic (exact) mass is 366 g/mol. The molecule has 0 bridgehead atoms. The van der Waals surface area contributed by atoms with E-state index in [4.69, 9.17) is 23.2 Å². The molecule has 0 unspecified atom stereocenters. The Morgan fingerprint density at radius 1 is 1.17 bits per heavy atom. The highest BCUT2D eigenvalue weighted by Gasteiger charge is 2.19. The van der Waals surface area contributed by atoms with E-state index >= 15 is 0 Å². The molecule has 7 heteroatoms. The van der Waals surface area contributed by atoms with Crippen molar-refractivity contribution in [2.75, 3.05) is 18.9 Å². The number of hydrogen-bond acceptors (Lipinski definition) is 3. The number of anilines is 1. The van der Waals surface area contributed by atoms with Crippen LogP contribution in [0.25, 0.3) is 0 Å². The van der Waals surface area contributed by atoms with Crippen LogP contribution in [0.3, 0.4) is 0 Å². The highest BCUT2D eigenvalue weighted by atomic mass is 35.5. The van der Waals surface area contributed by atoms with Crippen LogP contribution in [0.5, 0.6) is 5.75 Å². The van der Waals surface area contributed by atoms with Gasteiger partial charge in [0.25, 0.3) is 5.91 Å². The van der Waals surface area contributed by atoms with Crippen LogP contribution in [0, 0.1) is 6.92 Å². The minimum Gasteiger partial charge on any atom is -0.507 e. The Morgan fingerprint density at radius 2 is 1.88 bits per heavy atom. The fourth-order valence-electron chi connectivity index (χ4n) is 2.10. The summed E-state index contributed by atoms with van der Waals surface area (Å²) in [5.74, 6) is -0.920. The van der Waals surface area contributed by atoms with E-state index < -0.39 is 11.8 Å². The van der Waals surface area contributed by atoms with Gasteiger partial charge in [0.2, 0.25) is 5.91 Å². The third-order valence-corrected chi connectivity index (χ3v) is 4.14. The first-order valence-corrected chi connectivity index (χ1v) is 7.84. The van der Waals surface area contributed by atoms with Gasteiger partial charge in [-0.2, -0.15) is 0 Å². The van der Waals surface area contributed by atoms with Gasteiger partial charge in [0.15, 0.2) is 0 Å². The average molecular weight is 367 g/mol. The summed E-state index contributed by atoms with van der Waals surface area (Å²) < 4.78 is 0. The van der Waals surface area contributed by atoms with Crippen molar-refractivity contribution in [3.63, 3.8) is 0 Å². The quantitative estimate of drug-likeness (QED) is 0.866. The number of carbonyl (C=O) groups excluding carboxylic acids is 2. The molecule has 0 saturated carbocycles. The number of halogens is 2. The Bertz CT molecular complexity index is 793. The number of likely N-dealkylation sites (N-methyl/N-ethyl adjacent to an activating group) is 1. The second-order valence-corrected chi connectivity index (χ2v) is 6.12. The van der Waals surface area contributed by atoms with Crippen LogP contribution in [-0.2, 0) is 4.79 Å². The van der Waals surface area contributed by atoms with Crippen molar-refractivity contribution in [2.45, 2.75) is 6.92 Å². The van der Waals surface area contributed by atoms with Gasteiger partial charge in [-0.05, 0) is 36.8 Å². The molecule has 2 aromatic rings. The maximum Gasteiger partial charge on any atom is 0.257 e. The van der Waals surface area contributed by atoms with Crippen molar-refractivity contribution in [3.8, 4) is 5.75 Å². The molecule has 0 aliphatic carbocycles. The van der Waals surface area contributed by atoms with Gasteiger partial charge < -0.3 is 15.3 Å². The molecule has 0 aliphatic rings. The van der Waals surface area contributed by atoms with Gasteiger partial charge in [0.05, 0.1) is 22.2 Å². The lowest BCUT2D eigenvalue weighted by Crippen LogP contribution is -2.35. The third-order valence-electron chi connectivity index (χ3n) is 3.40. The molecule has 126 valence electrons. The number of benzene rings is 2. The Hall–Kier alpha value is -2.24. The molecule has 24 heavy (non-hydrogen) atoms.